The third-order valence-electron chi connectivity index (χ3n) is 4.61. The third-order valence-corrected chi connectivity index (χ3v) is 4.61. The molecule has 0 saturated carbocycles. The minimum atomic E-state index is -0.211. The molecule has 2 aromatic carbocycles. The Morgan fingerprint density at radius 3 is 2.79 bits per heavy atom. The highest BCUT2D eigenvalue weighted by Crippen LogP contribution is 2.14. The molecule has 1 amide bonds. The number of hydrogen-bond donors (Lipinski definition) is 1. The zero-order valence-corrected chi connectivity index (χ0v) is 16.1. The maximum absolute atomic E-state index is 12.1. The molecule has 1 unspecified atom stereocenters. The van der Waals surface area contributed by atoms with E-state index in [9.17, 15) is 9.59 Å². The number of rotatable bonds is 8. The average molecular weight is 382 g/mol. The number of ether oxygens (including phenoxy) is 2. The van der Waals surface area contributed by atoms with Gasteiger partial charge in [-0.2, -0.15) is 0 Å². The first-order valence-corrected chi connectivity index (χ1v) is 9.48. The van der Waals surface area contributed by atoms with Gasteiger partial charge in [0.1, 0.15) is 5.75 Å². The average Bonchev–Trinajstić information content (AvgIpc) is 2.72. The predicted molar refractivity (Wildman–Crippen MR) is 106 cm³/mol. The molecule has 6 heteroatoms. The van der Waals surface area contributed by atoms with Crippen molar-refractivity contribution in [2.45, 2.75) is 19.6 Å². The van der Waals surface area contributed by atoms with Crippen molar-refractivity contribution in [1.82, 2.24) is 10.2 Å². The van der Waals surface area contributed by atoms with Gasteiger partial charge in [0.25, 0.3) is 5.91 Å². The Kier molecular flexibility index (Phi) is 7.17. The van der Waals surface area contributed by atoms with Crippen LogP contribution in [0.3, 0.4) is 0 Å². The molecule has 1 N–H and O–H groups in total. The van der Waals surface area contributed by atoms with E-state index in [2.05, 4.69) is 22.3 Å². The SMILES string of the molecule is CC(=O)c1cccc(OCC(=O)NCC2CN(Cc3ccccc3)CCO2)c1. The first-order valence-electron chi connectivity index (χ1n) is 9.48. The van der Waals surface area contributed by atoms with Crippen LogP contribution in [-0.2, 0) is 16.1 Å². The van der Waals surface area contributed by atoms with Crippen molar-refractivity contribution in [1.29, 1.82) is 0 Å². The summed E-state index contributed by atoms with van der Waals surface area (Å²) in [5.41, 5.74) is 1.83. The number of nitrogens with zero attached hydrogens (tertiary/aromatic N) is 1. The molecule has 0 aromatic heterocycles. The lowest BCUT2D eigenvalue weighted by Gasteiger charge is -2.33. The Labute approximate surface area is 165 Å². The largest absolute Gasteiger partial charge is 0.484 e. The minimum Gasteiger partial charge on any atom is -0.484 e. The maximum Gasteiger partial charge on any atom is 0.258 e. The van der Waals surface area contributed by atoms with Crippen molar-refractivity contribution in [3.05, 3.63) is 65.7 Å². The van der Waals surface area contributed by atoms with Gasteiger partial charge in [-0.1, -0.05) is 42.5 Å². The fourth-order valence-corrected chi connectivity index (χ4v) is 3.12. The molecule has 1 heterocycles. The molecule has 1 fully saturated rings. The number of carbonyl (C=O) groups is 2. The van der Waals surface area contributed by atoms with Crippen molar-refractivity contribution >= 4 is 11.7 Å². The second kappa shape index (κ2) is 10.0. The third kappa shape index (κ3) is 6.18. The summed E-state index contributed by atoms with van der Waals surface area (Å²) in [6, 6.07) is 17.2. The van der Waals surface area contributed by atoms with Crippen molar-refractivity contribution < 1.29 is 19.1 Å². The second-order valence-electron chi connectivity index (χ2n) is 6.89. The number of morpholine rings is 1. The van der Waals surface area contributed by atoms with E-state index in [-0.39, 0.29) is 24.4 Å². The first-order chi connectivity index (χ1) is 13.6. The number of amides is 1. The molecule has 148 valence electrons. The molecule has 1 atom stereocenters. The number of hydrogen-bond acceptors (Lipinski definition) is 5. The summed E-state index contributed by atoms with van der Waals surface area (Å²) in [4.78, 5) is 25.8. The monoisotopic (exact) mass is 382 g/mol. The van der Waals surface area contributed by atoms with E-state index >= 15 is 0 Å². The molecule has 1 aliphatic heterocycles. The van der Waals surface area contributed by atoms with Gasteiger partial charge in [-0.15, -0.1) is 0 Å². The number of Topliss-reactive ketones (excluding diaryl/α,β-unsaturated/α-hetero) is 1. The number of ketones is 1. The molecule has 6 nitrogen and oxygen atoms in total. The lowest BCUT2D eigenvalue weighted by atomic mass is 10.1. The van der Waals surface area contributed by atoms with E-state index in [0.717, 1.165) is 19.6 Å². The molecule has 0 radical (unpaired) electrons. The molecular formula is C22H26N2O4. The van der Waals surface area contributed by atoms with Crippen LogP contribution >= 0.6 is 0 Å². The zero-order chi connectivity index (χ0) is 19.8. The van der Waals surface area contributed by atoms with E-state index in [4.69, 9.17) is 9.47 Å². The molecule has 0 spiro atoms. The Morgan fingerprint density at radius 2 is 2.00 bits per heavy atom. The summed E-state index contributed by atoms with van der Waals surface area (Å²) in [5, 5.41) is 2.86. The summed E-state index contributed by atoms with van der Waals surface area (Å²) in [7, 11) is 0. The maximum atomic E-state index is 12.1. The van der Waals surface area contributed by atoms with Crippen LogP contribution in [0.15, 0.2) is 54.6 Å². The van der Waals surface area contributed by atoms with E-state index in [0.29, 0.717) is 24.5 Å². The van der Waals surface area contributed by atoms with Crippen LogP contribution in [0.1, 0.15) is 22.8 Å². The highest BCUT2D eigenvalue weighted by Gasteiger charge is 2.21. The first kappa shape index (κ1) is 20.0. The fraction of sp³-hybridized carbons (Fsp3) is 0.364. The summed E-state index contributed by atoms with van der Waals surface area (Å²) in [6.45, 7) is 5.04. The molecule has 0 aliphatic carbocycles. The van der Waals surface area contributed by atoms with Crippen molar-refractivity contribution in [3.8, 4) is 5.75 Å². The normalized spacial score (nSPS) is 17.1. The van der Waals surface area contributed by atoms with Gasteiger partial charge in [-0.25, -0.2) is 0 Å². The lowest BCUT2D eigenvalue weighted by molar-refractivity contribution is -0.124. The molecule has 28 heavy (non-hydrogen) atoms. The Hall–Kier alpha value is -2.70. The zero-order valence-electron chi connectivity index (χ0n) is 16.1. The predicted octanol–water partition coefficient (Wildman–Crippen LogP) is 2.29. The van der Waals surface area contributed by atoms with Crippen molar-refractivity contribution in [2.75, 3.05) is 32.8 Å². The highest BCUT2D eigenvalue weighted by atomic mass is 16.5. The smallest absolute Gasteiger partial charge is 0.258 e. The summed E-state index contributed by atoms with van der Waals surface area (Å²) in [6.07, 6.45) is -0.0394. The number of carbonyl (C=O) groups excluding carboxylic acids is 2. The van der Waals surface area contributed by atoms with E-state index in [1.807, 2.05) is 18.2 Å². The van der Waals surface area contributed by atoms with Gasteiger partial charge in [0.05, 0.1) is 12.7 Å². The number of benzene rings is 2. The van der Waals surface area contributed by atoms with Gasteiger partial charge in [-0.05, 0) is 24.6 Å². The Balaban J connectivity index is 1.40. The van der Waals surface area contributed by atoms with Gasteiger partial charge in [0, 0.05) is 31.7 Å². The van der Waals surface area contributed by atoms with Crippen LogP contribution in [0, 0.1) is 0 Å². The summed E-state index contributed by atoms with van der Waals surface area (Å²) >= 11 is 0. The topological polar surface area (TPSA) is 67.9 Å². The molecule has 1 aliphatic rings. The van der Waals surface area contributed by atoms with Crippen LogP contribution in [0.2, 0.25) is 0 Å². The highest BCUT2D eigenvalue weighted by molar-refractivity contribution is 5.94. The van der Waals surface area contributed by atoms with Gasteiger partial charge in [0.15, 0.2) is 12.4 Å². The second-order valence-corrected chi connectivity index (χ2v) is 6.89. The van der Waals surface area contributed by atoms with Gasteiger partial charge in [0.2, 0.25) is 0 Å². The van der Waals surface area contributed by atoms with E-state index < -0.39 is 0 Å². The molecule has 3 rings (SSSR count). The Morgan fingerprint density at radius 1 is 1.18 bits per heavy atom. The molecular weight excluding hydrogens is 356 g/mol. The lowest BCUT2D eigenvalue weighted by Crippen LogP contribution is -2.47. The van der Waals surface area contributed by atoms with Crippen LogP contribution in [0.5, 0.6) is 5.75 Å². The van der Waals surface area contributed by atoms with Crippen LogP contribution in [0.25, 0.3) is 0 Å². The van der Waals surface area contributed by atoms with E-state index in [1.54, 1.807) is 24.3 Å². The van der Waals surface area contributed by atoms with E-state index in [1.165, 1.54) is 12.5 Å². The van der Waals surface area contributed by atoms with Crippen LogP contribution in [-0.4, -0.2) is 55.5 Å². The van der Waals surface area contributed by atoms with Gasteiger partial charge in [-0.3, -0.25) is 14.5 Å². The Bertz CT molecular complexity index is 794. The molecule has 1 saturated heterocycles. The van der Waals surface area contributed by atoms with Gasteiger partial charge >= 0.3 is 0 Å². The summed E-state index contributed by atoms with van der Waals surface area (Å²) in [5.74, 6) is 0.257. The standard InChI is InChI=1S/C22H26N2O4/c1-17(25)19-8-5-9-20(12-19)28-16-22(26)23-13-21-15-24(10-11-27-21)14-18-6-3-2-4-7-18/h2-9,12,21H,10-11,13-16H2,1H3,(H,23,26). The van der Waals surface area contributed by atoms with Crippen molar-refractivity contribution in [2.24, 2.45) is 0 Å². The van der Waals surface area contributed by atoms with Gasteiger partial charge < -0.3 is 14.8 Å². The number of nitrogens with one attached hydrogen (secondary N) is 1. The van der Waals surface area contributed by atoms with Crippen LogP contribution in [0.4, 0.5) is 0 Å². The van der Waals surface area contributed by atoms with Crippen molar-refractivity contribution in [3.63, 3.8) is 0 Å². The minimum absolute atomic E-state index is 0.0376. The quantitative estimate of drug-likeness (QED) is 0.710. The fourth-order valence-electron chi connectivity index (χ4n) is 3.12. The summed E-state index contributed by atoms with van der Waals surface area (Å²) < 4.78 is 11.2. The molecule has 0 bridgehead atoms. The molecule has 2 aromatic rings. The van der Waals surface area contributed by atoms with Crippen LogP contribution < -0.4 is 10.1 Å².